The molecule has 0 amide bonds. The molecule has 5 nitrogen and oxygen atoms in total. The van der Waals surface area contributed by atoms with E-state index in [1.54, 1.807) is 13.2 Å². The predicted molar refractivity (Wildman–Crippen MR) is 122 cm³/mol. The van der Waals surface area contributed by atoms with Crippen molar-refractivity contribution in [3.05, 3.63) is 36.4 Å². The Morgan fingerprint density at radius 3 is 2.07 bits per heavy atom. The molecule has 0 aliphatic carbocycles. The second-order valence-corrected chi connectivity index (χ2v) is 9.48. The number of benzene rings is 2. The van der Waals surface area contributed by atoms with Crippen LogP contribution in [0.2, 0.25) is 0 Å². The Morgan fingerprint density at radius 2 is 1.41 bits per heavy atom. The van der Waals surface area contributed by atoms with Crippen molar-refractivity contribution in [1.29, 1.82) is 0 Å². The Morgan fingerprint density at radius 1 is 0.828 bits per heavy atom. The third-order valence-corrected chi connectivity index (χ3v) is 6.72. The van der Waals surface area contributed by atoms with Crippen molar-refractivity contribution < 1.29 is 13.2 Å². The van der Waals surface area contributed by atoms with Crippen LogP contribution in [0.3, 0.4) is 0 Å². The molecule has 0 unspecified atom stereocenters. The normalized spacial score (nSPS) is 11.8. The average molecular weight is 421 g/mol. The van der Waals surface area contributed by atoms with Crippen LogP contribution in [0.5, 0.6) is 0 Å². The number of ether oxygens (including phenoxy) is 1. The second kappa shape index (κ2) is 12.2. The van der Waals surface area contributed by atoms with Gasteiger partial charge in [0.15, 0.2) is 0 Å². The van der Waals surface area contributed by atoms with Crippen molar-refractivity contribution in [1.82, 2.24) is 4.72 Å². The van der Waals surface area contributed by atoms with Gasteiger partial charge >= 0.3 is 0 Å². The van der Waals surface area contributed by atoms with Crippen LogP contribution in [0.1, 0.15) is 51.4 Å². The lowest BCUT2D eigenvalue weighted by molar-refractivity contribution is 0.192. The van der Waals surface area contributed by atoms with E-state index in [1.165, 1.54) is 25.7 Å². The summed E-state index contributed by atoms with van der Waals surface area (Å²) >= 11 is 0. The van der Waals surface area contributed by atoms with Crippen LogP contribution in [0, 0.1) is 0 Å². The monoisotopic (exact) mass is 420 g/mol. The fourth-order valence-corrected chi connectivity index (χ4v) is 4.90. The molecule has 1 N–H and O–H groups in total. The largest absolute Gasteiger partial charge is 0.385 e. The average Bonchev–Trinajstić information content (AvgIpc) is 2.71. The van der Waals surface area contributed by atoms with E-state index in [-0.39, 0.29) is 0 Å². The first-order valence-electron chi connectivity index (χ1n) is 10.6. The lowest BCUT2D eigenvalue weighted by atomic mass is 10.1. The van der Waals surface area contributed by atoms with E-state index in [9.17, 15) is 8.42 Å². The van der Waals surface area contributed by atoms with Crippen LogP contribution < -0.4 is 9.62 Å². The molecule has 0 radical (unpaired) electrons. The molecule has 0 bridgehead atoms. The zero-order valence-electron chi connectivity index (χ0n) is 18.1. The molecule has 162 valence electrons. The number of nitrogens with one attached hydrogen (secondary N) is 1. The van der Waals surface area contributed by atoms with Crippen molar-refractivity contribution in [2.75, 3.05) is 39.3 Å². The van der Waals surface area contributed by atoms with Crippen molar-refractivity contribution in [2.45, 2.75) is 56.3 Å². The molecule has 0 saturated heterocycles. The van der Waals surface area contributed by atoms with Gasteiger partial charge in [-0.05, 0) is 25.0 Å². The van der Waals surface area contributed by atoms with Crippen LogP contribution in [0.25, 0.3) is 10.8 Å². The van der Waals surface area contributed by atoms with Crippen molar-refractivity contribution in [3.63, 3.8) is 0 Å². The number of fused-ring (bicyclic) bond motifs is 1. The van der Waals surface area contributed by atoms with Gasteiger partial charge in [0.1, 0.15) is 0 Å². The topological polar surface area (TPSA) is 58.6 Å². The molecule has 6 heteroatoms. The molecule has 29 heavy (non-hydrogen) atoms. The highest BCUT2D eigenvalue weighted by Crippen LogP contribution is 2.30. The van der Waals surface area contributed by atoms with Gasteiger partial charge in [0.25, 0.3) is 0 Å². The molecule has 0 spiro atoms. The van der Waals surface area contributed by atoms with Gasteiger partial charge in [-0.3, -0.25) is 0 Å². The maximum atomic E-state index is 12.9. The fourth-order valence-electron chi connectivity index (χ4n) is 3.61. The van der Waals surface area contributed by atoms with E-state index in [4.69, 9.17) is 4.74 Å². The molecule has 0 aliphatic heterocycles. The van der Waals surface area contributed by atoms with Crippen molar-refractivity contribution >= 4 is 26.5 Å². The molecule has 0 heterocycles. The van der Waals surface area contributed by atoms with Crippen LogP contribution in [-0.2, 0) is 14.8 Å². The highest BCUT2D eigenvalue weighted by Gasteiger charge is 2.17. The molecule has 2 aromatic carbocycles. The van der Waals surface area contributed by atoms with E-state index in [0.29, 0.717) is 11.4 Å². The fraction of sp³-hybridized carbons (Fsp3) is 0.565. The maximum Gasteiger partial charge on any atom is 0.241 e. The summed E-state index contributed by atoms with van der Waals surface area (Å²) in [6.45, 7) is 1.34. The first-order chi connectivity index (χ1) is 14.0. The summed E-state index contributed by atoms with van der Waals surface area (Å²) in [5.41, 5.74) is 1.02. The van der Waals surface area contributed by atoms with Crippen LogP contribution in [0.15, 0.2) is 41.3 Å². The van der Waals surface area contributed by atoms with Gasteiger partial charge in [0.2, 0.25) is 10.0 Å². The van der Waals surface area contributed by atoms with E-state index < -0.39 is 10.0 Å². The van der Waals surface area contributed by atoms with Gasteiger partial charge < -0.3 is 9.64 Å². The summed E-state index contributed by atoms with van der Waals surface area (Å²) in [6.07, 6.45) is 9.18. The number of hydrogen-bond acceptors (Lipinski definition) is 4. The van der Waals surface area contributed by atoms with Crippen LogP contribution in [0.4, 0.5) is 5.69 Å². The maximum absolute atomic E-state index is 12.9. The second-order valence-electron chi connectivity index (χ2n) is 7.74. The first kappa shape index (κ1) is 23.6. The Bertz CT molecular complexity index is 850. The highest BCUT2D eigenvalue weighted by molar-refractivity contribution is 7.89. The minimum Gasteiger partial charge on any atom is -0.385 e. The molecular formula is C23H36N2O3S. The number of methoxy groups -OCH3 is 1. The minimum absolute atomic E-state index is 0.356. The number of nitrogens with zero attached hydrogens (tertiary/aromatic N) is 1. The van der Waals surface area contributed by atoms with Gasteiger partial charge in [-0.2, -0.15) is 0 Å². The molecule has 0 aromatic heterocycles. The summed E-state index contributed by atoms with van der Waals surface area (Å²) in [7, 11) is 2.16. The molecule has 0 aliphatic rings. The number of rotatable bonds is 14. The standard InChI is InChI=1S/C23H36N2O3S/c1-25(2)22-16-12-15-21-20(22)14-13-17-23(21)29(26,27)24-18-10-8-6-4-5-7-9-11-19-28-3/h12-17,24H,4-11,18-19H2,1-3H3. The third kappa shape index (κ3) is 7.28. The van der Waals surface area contributed by atoms with Gasteiger partial charge in [0, 0.05) is 50.8 Å². The van der Waals surface area contributed by atoms with Crippen LogP contribution >= 0.6 is 0 Å². The molecule has 0 saturated carbocycles. The molecule has 2 aromatic rings. The van der Waals surface area contributed by atoms with Crippen molar-refractivity contribution in [3.8, 4) is 0 Å². The zero-order valence-corrected chi connectivity index (χ0v) is 18.9. The number of anilines is 1. The molecule has 0 atom stereocenters. The minimum atomic E-state index is -3.52. The summed E-state index contributed by atoms with van der Waals surface area (Å²) in [6, 6.07) is 11.3. The van der Waals surface area contributed by atoms with E-state index in [2.05, 4.69) is 4.72 Å². The summed E-state index contributed by atoms with van der Waals surface area (Å²) < 4.78 is 33.5. The van der Waals surface area contributed by atoms with Gasteiger partial charge in [0.05, 0.1) is 4.90 Å². The predicted octanol–water partition coefficient (Wildman–Crippen LogP) is 4.95. The summed E-state index contributed by atoms with van der Waals surface area (Å²) in [5, 5.41) is 1.71. The molecule has 2 rings (SSSR count). The number of sulfonamides is 1. The third-order valence-electron chi connectivity index (χ3n) is 5.20. The van der Waals surface area contributed by atoms with E-state index >= 15 is 0 Å². The zero-order chi connectivity index (χ0) is 21.1. The smallest absolute Gasteiger partial charge is 0.241 e. The lowest BCUT2D eigenvalue weighted by Crippen LogP contribution is -2.25. The lowest BCUT2D eigenvalue weighted by Gasteiger charge is -2.17. The number of hydrogen-bond donors (Lipinski definition) is 1. The Hall–Kier alpha value is -1.63. The SMILES string of the molecule is COCCCCCCCCCCNS(=O)(=O)c1cccc2c(N(C)C)cccc12. The van der Waals surface area contributed by atoms with Crippen LogP contribution in [-0.4, -0.2) is 42.8 Å². The van der Waals surface area contributed by atoms with Gasteiger partial charge in [-0.25, -0.2) is 13.1 Å². The van der Waals surface area contributed by atoms with E-state index in [0.717, 1.165) is 48.8 Å². The summed E-state index contributed by atoms with van der Waals surface area (Å²) in [4.78, 5) is 2.36. The van der Waals surface area contributed by atoms with Gasteiger partial charge in [-0.15, -0.1) is 0 Å². The molecule has 0 fully saturated rings. The van der Waals surface area contributed by atoms with Crippen molar-refractivity contribution in [2.24, 2.45) is 0 Å². The number of unbranched alkanes of at least 4 members (excludes halogenated alkanes) is 7. The highest BCUT2D eigenvalue weighted by atomic mass is 32.2. The van der Waals surface area contributed by atoms with E-state index in [1.807, 2.05) is 49.3 Å². The quantitative estimate of drug-likeness (QED) is 0.439. The van der Waals surface area contributed by atoms with Gasteiger partial charge in [-0.1, -0.05) is 62.8 Å². The Balaban J connectivity index is 1.81. The molecular weight excluding hydrogens is 384 g/mol. The Labute approximate surface area is 176 Å². The summed E-state index contributed by atoms with van der Waals surface area (Å²) in [5.74, 6) is 0. The Kier molecular flexibility index (Phi) is 9.91. The first-order valence-corrected chi connectivity index (χ1v) is 12.1.